The molecule has 0 spiro atoms. The molecule has 1 aliphatic heterocycles. The summed E-state index contributed by atoms with van der Waals surface area (Å²) in [5.74, 6) is 0. The number of nitrogens with one attached hydrogen (secondary N) is 1. The molecule has 1 saturated carbocycles. The Morgan fingerprint density at radius 3 is 2.43 bits per heavy atom. The Labute approximate surface area is 85.8 Å². The molecule has 1 saturated heterocycles. The first kappa shape index (κ1) is 10.4. The van der Waals surface area contributed by atoms with E-state index in [0.29, 0.717) is 17.4 Å². The summed E-state index contributed by atoms with van der Waals surface area (Å²) < 4.78 is 5.20. The maximum Gasteiger partial charge on any atom is 0.0554 e. The molecular formula is C11H21NO2. The smallest absolute Gasteiger partial charge is 0.0554 e. The predicted octanol–water partition coefficient (Wildman–Crippen LogP) is 0.775. The first-order valence-corrected chi connectivity index (χ1v) is 5.58. The second-order valence-corrected chi connectivity index (χ2v) is 5.38. The van der Waals surface area contributed by atoms with Crippen LogP contribution in [0.2, 0.25) is 0 Å². The van der Waals surface area contributed by atoms with E-state index in [0.717, 1.165) is 32.7 Å². The zero-order valence-electron chi connectivity index (χ0n) is 9.01. The van der Waals surface area contributed by atoms with Gasteiger partial charge < -0.3 is 15.2 Å². The van der Waals surface area contributed by atoms with E-state index in [9.17, 15) is 0 Å². The number of hydrogen-bond donors (Lipinski definition) is 2. The van der Waals surface area contributed by atoms with Crippen molar-refractivity contribution in [2.24, 2.45) is 10.8 Å². The van der Waals surface area contributed by atoms with E-state index in [-0.39, 0.29) is 0 Å². The first-order chi connectivity index (χ1) is 6.68. The molecule has 2 N–H and O–H groups in total. The van der Waals surface area contributed by atoms with Crippen LogP contribution in [0.15, 0.2) is 0 Å². The van der Waals surface area contributed by atoms with E-state index < -0.39 is 0 Å². The van der Waals surface area contributed by atoms with Gasteiger partial charge in [-0.25, -0.2) is 0 Å². The molecule has 0 aromatic carbocycles. The highest BCUT2D eigenvalue weighted by Crippen LogP contribution is 2.48. The van der Waals surface area contributed by atoms with E-state index in [1.54, 1.807) is 0 Å². The van der Waals surface area contributed by atoms with Crippen LogP contribution >= 0.6 is 0 Å². The highest BCUT2D eigenvalue weighted by molar-refractivity contribution is 4.95. The molecule has 82 valence electrons. The number of aliphatic hydroxyl groups excluding tert-OH is 1. The highest BCUT2D eigenvalue weighted by Gasteiger charge is 2.42. The molecule has 0 aromatic rings. The molecule has 0 atom stereocenters. The Morgan fingerprint density at radius 2 is 2.00 bits per heavy atom. The molecule has 0 aromatic heterocycles. The van der Waals surface area contributed by atoms with E-state index in [4.69, 9.17) is 9.84 Å². The number of ether oxygens (including phenoxy) is 1. The molecule has 0 amide bonds. The minimum Gasteiger partial charge on any atom is -0.396 e. The Bertz CT molecular complexity index is 197. The lowest BCUT2D eigenvalue weighted by Gasteiger charge is -2.38. The average molecular weight is 199 g/mol. The Kier molecular flexibility index (Phi) is 2.82. The van der Waals surface area contributed by atoms with Crippen molar-refractivity contribution in [3.05, 3.63) is 0 Å². The number of hydrogen-bond acceptors (Lipinski definition) is 3. The van der Waals surface area contributed by atoms with Gasteiger partial charge in [0.2, 0.25) is 0 Å². The molecule has 3 nitrogen and oxygen atoms in total. The Hall–Kier alpha value is -0.120. The van der Waals surface area contributed by atoms with Gasteiger partial charge in [0.1, 0.15) is 0 Å². The monoisotopic (exact) mass is 199 g/mol. The molecule has 0 radical (unpaired) electrons. The van der Waals surface area contributed by atoms with Gasteiger partial charge >= 0.3 is 0 Å². The molecule has 2 aliphatic rings. The molecule has 1 aliphatic carbocycles. The maximum atomic E-state index is 8.91. The van der Waals surface area contributed by atoms with Crippen molar-refractivity contribution < 1.29 is 9.84 Å². The van der Waals surface area contributed by atoms with Crippen molar-refractivity contribution in [3.63, 3.8) is 0 Å². The third kappa shape index (κ3) is 2.27. The molecule has 2 rings (SSSR count). The Morgan fingerprint density at radius 1 is 1.29 bits per heavy atom. The zero-order valence-corrected chi connectivity index (χ0v) is 9.01. The second-order valence-electron chi connectivity index (χ2n) is 5.38. The van der Waals surface area contributed by atoms with Crippen molar-refractivity contribution in [1.82, 2.24) is 5.32 Å². The summed E-state index contributed by atoms with van der Waals surface area (Å²) in [5.41, 5.74) is 0.811. The number of rotatable bonds is 6. The van der Waals surface area contributed by atoms with Crippen LogP contribution in [0.5, 0.6) is 0 Å². The quantitative estimate of drug-likeness (QED) is 0.664. The zero-order chi connectivity index (χ0) is 10.1. The van der Waals surface area contributed by atoms with E-state index in [1.807, 2.05) is 0 Å². The van der Waals surface area contributed by atoms with E-state index in [2.05, 4.69) is 12.2 Å². The summed E-state index contributed by atoms with van der Waals surface area (Å²) in [7, 11) is 0. The fourth-order valence-electron chi connectivity index (χ4n) is 2.11. The second kappa shape index (κ2) is 3.80. The fraction of sp³-hybridized carbons (Fsp3) is 1.00. The minimum atomic E-state index is 0.335. The molecule has 0 unspecified atom stereocenters. The molecule has 2 fully saturated rings. The normalized spacial score (nSPS) is 27.0. The van der Waals surface area contributed by atoms with Gasteiger partial charge in [0.05, 0.1) is 13.2 Å². The average Bonchev–Trinajstić information content (AvgIpc) is 2.83. The summed E-state index contributed by atoms with van der Waals surface area (Å²) in [5, 5.41) is 12.4. The highest BCUT2D eigenvalue weighted by atomic mass is 16.5. The van der Waals surface area contributed by atoms with Crippen molar-refractivity contribution in [3.8, 4) is 0 Å². The van der Waals surface area contributed by atoms with Gasteiger partial charge in [0.25, 0.3) is 0 Å². The van der Waals surface area contributed by atoms with Crippen LogP contribution in [-0.4, -0.2) is 38.0 Å². The largest absolute Gasteiger partial charge is 0.396 e. The van der Waals surface area contributed by atoms with Crippen molar-refractivity contribution in [2.75, 3.05) is 32.9 Å². The van der Waals surface area contributed by atoms with Crippen LogP contribution in [0.25, 0.3) is 0 Å². The standard InChI is InChI=1S/C11H21NO2/c1-10(8-14-9-10)6-12-7-11(2-3-11)4-5-13/h12-13H,2-9H2,1H3. The summed E-state index contributed by atoms with van der Waals surface area (Å²) in [6.45, 7) is 6.51. The summed E-state index contributed by atoms with van der Waals surface area (Å²) in [4.78, 5) is 0. The molecule has 1 heterocycles. The molecule has 3 heteroatoms. The summed E-state index contributed by atoms with van der Waals surface area (Å²) in [6, 6.07) is 0. The van der Waals surface area contributed by atoms with Gasteiger partial charge in [-0.05, 0) is 24.7 Å². The third-order valence-corrected chi connectivity index (χ3v) is 3.55. The van der Waals surface area contributed by atoms with Crippen LogP contribution in [0.4, 0.5) is 0 Å². The maximum absolute atomic E-state index is 8.91. The minimum absolute atomic E-state index is 0.335. The fourth-order valence-corrected chi connectivity index (χ4v) is 2.11. The van der Waals surface area contributed by atoms with Crippen LogP contribution in [0, 0.1) is 10.8 Å². The van der Waals surface area contributed by atoms with E-state index >= 15 is 0 Å². The lowest BCUT2D eigenvalue weighted by Crippen LogP contribution is -2.48. The first-order valence-electron chi connectivity index (χ1n) is 5.58. The number of aliphatic hydroxyl groups is 1. The van der Waals surface area contributed by atoms with Gasteiger partial charge in [-0.3, -0.25) is 0 Å². The molecule has 0 bridgehead atoms. The van der Waals surface area contributed by atoms with Crippen molar-refractivity contribution in [2.45, 2.75) is 26.2 Å². The molecule has 14 heavy (non-hydrogen) atoms. The van der Waals surface area contributed by atoms with Crippen LogP contribution in [0.3, 0.4) is 0 Å². The van der Waals surface area contributed by atoms with Gasteiger partial charge in [0.15, 0.2) is 0 Å². The van der Waals surface area contributed by atoms with Crippen molar-refractivity contribution in [1.29, 1.82) is 0 Å². The van der Waals surface area contributed by atoms with Crippen LogP contribution < -0.4 is 5.32 Å². The third-order valence-electron chi connectivity index (χ3n) is 3.55. The lowest BCUT2D eigenvalue weighted by molar-refractivity contribution is -0.0993. The Balaban J connectivity index is 1.63. The summed E-state index contributed by atoms with van der Waals surface area (Å²) >= 11 is 0. The predicted molar refractivity (Wildman–Crippen MR) is 55.2 cm³/mol. The van der Waals surface area contributed by atoms with E-state index in [1.165, 1.54) is 12.8 Å². The molecular weight excluding hydrogens is 178 g/mol. The van der Waals surface area contributed by atoms with Gasteiger partial charge in [-0.15, -0.1) is 0 Å². The lowest BCUT2D eigenvalue weighted by atomic mass is 9.88. The van der Waals surface area contributed by atoms with Crippen LogP contribution in [-0.2, 0) is 4.74 Å². The van der Waals surface area contributed by atoms with Gasteiger partial charge in [-0.1, -0.05) is 6.92 Å². The van der Waals surface area contributed by atoms with Gasteiger partial charge in [0, 0.05) is 25.1 Å². The topological polar surface area (TPSA) is 41.5 Å². The van der Waals surface area contributed by atoms with Crippen molar-refractivity contribution >= 4 is 0 Å². The summed E-state index contributed by atoms with van der Waals surface area (Å²) in [6.07, 6.45) is 3.54. The van der Waals surface area contributed by atoms with Gasteiger partial charge in [-0.2, -0.15) is 0 Å². The SMILES string of the molecule is CC1(CNCC2(CCO)CC2)COC1. The van der Waals surface area contributed by atoms with Crippen LogP contribution in [0.1, 0.15) is 26.2 Å².